The van der Waals surface area contributed by atoms with Gasteiger partial charge in [0, 0.05) is 24.5 Å². The quantitative estimate of drug-likeness (QED) is 0.900. The minimum atomic E-state index is 0. The lowest BCUT2D eigenvalue weighted by Gasteiger charge is -2.17. The van der Waals surface area contributed by atoms with Crippen LogP contribution in [0.2, 0.25) is 0 Å². The molecule has 1 amide bonds. The van der Waals surface area contributed by atoms with E-state index in [2.05, 4.69) is 4.98 Å². The van der Waals surface area contributed by atoms with Crippen LogP contribution in [0.5, 0.6) is 0 Å². The molecule has 3 atom stereocenters. The third-order valence-corrected chi connectivity index (χ3v) is 6.54. The van der Waals surface area contributed by atoms with Gasteiger partial charge in [-0.1, -0.05) is 6.07 Å². The smallest absolute Gasteiger partial charge is 0.273 e. The highest BCUT2D eigenvalue weighted by atomic mass is 35.5. The molecule has 1 aliphatic heterocycles. The maximum atomic E-state index is 12.6. The predicted molar refractivity (Wildman–Crippen MR) is 92.8 cm³/mol. The molecule has 3 heterocycles. The second-order valence-corrected chi connectivity index (χ2v) is 7.70. The summed E-state index contributed by atoms with van der Waals surface area (Å²) in [6, 6.07) is 4.31. The summed E-state index contributed by atoms with van der Waals surface area (Å²) in [7, 11) is 0. The van der Waals surface area contributed by atoms with Crippen LogP contribution in [0.1, 0.15) is 23.3 Å². The number of thiazole rings is 1. The lowest BCUT2D eigenvalue weighted by atomic mass is 9.98. The van der Waals surface area contributed by atoms with Crippen molar-refractivity contribution in [1.82, 2.24) is 9.88 Å². The van der Waals surface area contributed by atoms with Crippen molar-refractivity contribution in [2.75, 3.05) is 13.1 Å². The zero-order chi connectivity index (χ0) is 14.4. The van der Waals surface area contributed by atoms with Crippen LogP contribution in [0, 0.1) is 11.8 Å². The number of nitrogens with zero attached hydrogens (tertiary/aromatic N) is 2. The Kier molecular flexibility index (Phi) is 4.54. The topological polar surface area (TPSA) is 59.2 Å². The third-order valence-electron chi connectivity index (χ3n) is 4.65. The highest BCUT2D eigenvalue weighted by molar-refractivity contribution is 7.20. The van der Waals surface area contributed by atoms with Gasteiger partial charge < -0.3 is 10.6 Å². The van der Waals surface area contributed by atoms with Crippen LogP contribution in [0.3, 0.4) is 0 Å². The fourth-order valence-electron chi connectivity index (χ4n) is 3.52. The van der Waals surface area contributed by atoms with E-state index in [1.54, 1.807) is 22.7 Å². The van der Waals surface area contributed by atoms with E-state index in [-0.39, 0.29) is 24.4 Å². The highest BCUT2D eigenvalue weighted by Gasteiger charge is 2.42. The number of thiophene rings is 1. The molecule has 118 valence electrons. The van der Waals surface area contributed by atoms with Crippen molar-refractivity contribution in [3.63, 3.8) is 0 Å². The molecule has 4 nitrogen and oxygen atoms in total. The molecule has 3 unspecified atom stereocenters. The molecule has 0 bridgehead atoms. The number of carbonyl (C=O) groups excluding carboxylic acids is 1. The summed E-state index contributed by atoms with van der Waals surface area (Å²) in [5.74, 6) is 1.15. The van der Waals surface area contributed by atoms with Crippen molar-refractivity contribution < 1.29 is 4.79 Å². The van der Waals surface area contributed by atoms with Crippen molar-refractivity contribution in [2.24, 2.45) is 17.6 Å². The third kappa shape index (κ3) is 2.69. The van der Waals surface area contributed by atoms with Crippen LogP contribution in [-0.2, 0) is 0 Å². The van der Waals surface area contributed by atoms with Crippen molar-refractivity contribution in [1.29, 1.82) is 0 Å². The van der Waals surface area contributed by atoms with Crippen LogP contribution >= 0.6 is 35.1 Å². The molecule has 0 spiro atoms. The maximum absolute atomic E-state index is 12.6. The van der Waals surface area contributed by atoms with Crippen LogP contribution in [-0.4, -0.2) is 34.9 Å². The van der Waals surface area contributed by atoms with Gasteiger partial charge in [-0.15, -0.1) is 35.1 Å². The summed E-state index contributed by atoms with van der Waals surface area (Å²) in [6.45, 7) is 1.65. The van der Waals surface area contributed by atoms with Gasteiger partial charge in [0.2, 0.25) is 0 Å². The summed E-state index contributed by atoms with van der Waals surface area (Å²) in [5, 5.41) is 4.84. The van der Waals surface area contributed by atoms with E-state index in [4.69, 9.17) is 5.73 Å². The zero-order valence-electron chi connectivity index (χ0n) is 12.0. The number of carbonyl (C=O) groups is 1. The second-order valence-electron chi connectivity index (χ2n) is 5.89. The first-order valence-corrected chi connectivity index (χ1v) is 9.02. The molecule has 2 fully saturated rings. The largest absolute Gasteiger partial charge is 0.337 e. The first kappa shape index (κ1) is 15.9. The molecular formula is C15H18ClN3OS2. The first-order chi connectivity index (χ1) is 10.2. The summed E-state index contributed by atoms with van der Waals surface area (Å²) in [5.41, 5.74) is 6.72. The molecule has 1 aliphatic carbocycles. The fraction of sp³-hybridized carbons (Fsp3) is 0.467. The van der Waals surface area contributed by atoms with Crippen molar-refractivity contribution in [2.45, 2.75) is 18.9 Å². The summed E-state index contributed by atoms with van der Waals surface area (Å²) < 4.78 is 0. The monoisotopic (exact) mass is 355 g/mol. The van der Waals surface area contributed by atoms with Gasteiger partial charge in [-0.05, 0) is 36.1 Å². The molecule has 1 saturated carbocycles. The van der Waals surface area contributed by atoms with E-state index in [0.717, 1.165) is 35.8 Å². The Labute approximate surface area is 143 Å². The normalized spacial score (nSPS) is 26.8. The van der Waals surface area contributed by atoms with E-state index >= 15 is 0 Å². The maximum Gasteiger partial charge on any atom is 0.273 e. The molecule has 2 N–H and O–H groups in total. The lowest BCUT2D eigenvalue weighted by Crippen LogP contribution is -2.33. The molecule has 2 aromatic rings. The number of fused-ring (bicyclic) bond motifs is 1. The van der Waals surface area contributed by atoms with Gasteiger partial charge in [-0.25, -0.2) is 4.98 Å². The number of halogens is 1. The second kappa shape index (κ2) is 6.28. The number of aromatic nitrogens is 1. The zero-order valence-corrected chi connectivity index (χ0v) is 14.4. The highest BCUT2D eigenvalue weighted by Crippen LogP contribution is 2.38. The summed E-state index contributed by atoms with van der Waals surface area (Å²) in [6.07, 6.45) is 2.27. The Morgan fingerprint density at radius 2 is 2.18 bits per heavy atom. The van der Waals surface area contributed by atoms with Crippen LogP contribution < -0.4 is 5.73 Å². The molecule has 1 saturated heterocycles. The van der Waals surface area contributed by atoms with Crippen LogP contribution in [0.25, 0.3) is 9.88 Å². The van der Waals surface area contributed by atoms with Gasteiger partial charge in [0.1, 0.15) is 10.7 Å². The lowest BCUT2D eigenvalue weighted by molar-refractivity contribution is 0.0774. The minimum Gasteiger partial charge on any atom is -0.337 e. The Morgan fingerprint density at radius 3 is 2.91 bits per heavy atom. The summed E-state index contributed by atoms with van der Waals surface area (Å²) in [4.78, 5) is 20.2. The Bertz CT molecular complexity index is 658. The van der Waals surface area contributed by atoms with E-state index in [0.29, 0.717) is 17.5 Å². The molecule has 4 rings (SSSR count). The average Bonchev–Trinajstić information content (AvgIpc) is 3.25. The van der Waals surface area contributed by atoms with Crippen LogP contribution in [0.4, 0.5) is 0 Å². The minimum absolute atomic E-state index is 0. The van der Waals surface area contributed by atoms with E-state index in [9.17, 15) is 4.79 Å². The average molecular weight is 356 g/mol. The van der Waals surface area contributed by atoms with Gasteiger partial charge >= 0.3 is 0 Å². The Balaban J connectivity index is 0.00000144. The number of hydrogen-bond acceptors (Lipinski definition) is 5. The molecular weight excluding hydrogens is 338 g/mol. The molecule has 2 aliphatic rings. The van der Waals surface area contributed by atoms with Crippen molar-refractivity contribution >= 4 is 41.0 Å². The predicted octanol–water partition coefficient (Wildman–Crippen LogP) is 3.10. The van der Waals surface area contributed by atoms with Crippen LogP contribution in [0.15, 0.2) is 22.9 Å². The molecule has 7 heteroatoms. The van der Waals surface area contributed by atoms with Gasteiger partial charge in [0.05, 0.1) is 4.88 Å². The SMILES string of the molecule is Cl.NC1CCC2CN(C(=O)c3csc(-c4cccs4)n3)CC12. The van der Waals surface area contributed by atoms with Gasteiger partial charge in [-0.3, -0.25) is 4.79 Å². The van der Waals surface area contributed by atoms with Gasteiger partial charge in [0.25, 0.3) is 5.91 Å². The number of hydrogen-bond donors (Lipinski definition) is 1. The summed E-state index contributed by atoms with van der Waals surface area (Å²) >= 11 is 3.20. The number of likely N-dealkylation sites (tertiary alicyclic amines) is 1. The number of rotatable bonds is 2. The Hall–Kier alpha value is -0.950. The molecule has 22 heavy (non-hydrogen) atoms. The van der Waals surface area contributed by atoms with Crippen molar-refractivity contribution in [3.8, 4) is 9.88 Å². The Morgan fingerprint density at radius 1 is 1.32 bits per heavy atom. The van der Waals surface area contributed by atoms with E-state index < -0.39 is 0 Å². The van der Waals surface area contributed by atoms with Gasteiger partial charge in [0.15, 0.2) is 0 Å². The van der Waals surface area contributed by atoms with Crippen molar-refractivity contribution in [3.05, 3.63) is 28.6 Å². The number of amides is 1. The number of nitrogens with two attached hydrogens (primary N) is 1. The van der Waals surface area contributed by atoms with E-state index in [1.165, 1.54) is 0 Å². The first-order valence-electron chi connectivity index (χ1n) is 7.26. The molecule has 0 radical (unpaired) electrons. The van der Waals surface area contributed by atoms with E-state index in [1.807, 2.05) is 27.8 Å². The van der Waals surface area contributed by atoms with Gasteiger partial charge in [-0.2, -0.15) is 0 Å². The standard InChI is InChI=1S/C15H17N3OS2.ClH/c16-11-4-3-9-6-18(7-10(9)11)15(19)12-8-21-14(17-12)13-2-1-5-20-13;/h1-2,5,8-11H,3-4,6-7,16H2;1H. The molecule has 2 aromatic heterocycles. The fourth-order valence-corrected chi connectivity index (χ4v) is 5.13. The molecule has 0 aromatic carbocycles.